The molecule has 0 aliphatic carbocycles. The van der Waals surface area contributed by atoms with Crippen LogP contribution < -0.4 is 0 Å². The van der Waals surface area contributed by atoms with Crippen LogP contribution in [0.3, 0.4) is 0 Å². The molecule has 0 radical (unpaired) electrons. The zero-order valence-electron chi connectivity index (χ0n) is 7.97. The number of carbonyl (C=O) groups excluding carboxylic acids is 1. The summed E-state index contributed by atoms with van der Waals surface area (Å²) < 4.78 is 11.7. The Kier molecular flexibility index (Phi) is 3.81. The van der Waals surface area contributed by atoms with Crippen molar-refractivity contribution in [3.63, 3.8) is 0 Å². The highest BCUT2D eigenvalue weighted by molar-refractivity contribution is 9.10. The Hall–Kier alpha value is -0.700. The summed E-state index contributed by atoms with van der Waals surface area (Å²) in [6.45, 7) is 1.10. The smallest absolute Gasteiger partial charge is 0.182 e. The van der Waals surface area contributed by atoms with Crippen molar-refractivity contribution in [3.05, 3.63) is 35.9 Å². The Balaban J connectivity index is 2.95. The number of rotatable bonds is 4. The van der Waals surface area contributed by atoms with E-state index in [9.17, 15) is 9.18 Å². The molecule has 3 heteroatoms. The zero-order chi connectivity index (χ0) is 10.6. The fourth-order valence-electron chi connectivity index (χ4n) is 1.16. The maximum absolute atomic E-state index is 12.7. The van der Waals surface area contributed by atoms with Gasteiger partial charge in [-0.15, -0.1) is 0 Å². The molecule has 1 rings (SSSR count). The van der Waals surface area contributed by atoms with Gasteiger partial charge in [0.05, 0.1) is 0 Å². The van der Waals surface area contributed by atoms with Gasteiger partial charge in [0.25, 0.3) is 0 Å². The van der Waals surface area contributed by atoms with Gasteiger partial charge in [0.15, 0.2) is 5.78 Å². The second kappa shape index (κ2) is 4.69. The van der Waals surface area contributed by atoms with E-state index in [1.807, 2.05) is 6.07 Å². The van der Waals surface area contributed by atoms with Crippen LogP contribution in [-0.4, -0.2) is 16.8 Å². The molecule has 1 unspecified atom stereocenters. The molecule has 0 saturated heterocycles. The number of benzene rings is 1. The summed E-state index contributed by atoms with van der Waals surface area (Å²) in [5.41, 5.74) is 0.545. The number of halogens is 2. The standard InChI is InChI=1S/C11H12BrFO/c1-2-11(12,8-13)10(14)9-6-4-3-5-7-9/h3-7H,2,8H2,1H3. The lowest BCUT2D eigenvalue weighted by molar-refractivity contribution is 0.0928. The second-order valence-corrected chi connectivity index (χ2v) is 4.67. The lowest BCUT2D eigenvalue weighted by atomic mass is 9.96. The third-order valence-electron chi connectivity index (χ3n) is 2.22. The van der Waals surface area contributed by atoms with Gasteiger partial charge in [-0.2, -0.15) is 0 Å². The summed E-state index contributed by atoms with van der Waals surface area (Å²) in [5, 5.41) is 0. The largest absolute Gasteiger partial charge is 0.292 e. The Bertz CT molecular complexity index is 306. The number of alkyl halides is 2. The Morgan fingerprint density at radius 3 is 2.43 bits per heavy atom. The highest BCUT2D eigenvalue weighted by Crippen LogP contribution is 2.27. The van der Waals surface area contributed by atoms with Crippen LogP contribution in [0.15, 0.2) is 30.3 Å². The van der Waals surface area contributed by atoms with Gasteiger partial charge in [0, 0.05) is 5.56 Å². The van der Waals surface area contributed by atoms with Crippen molar-refractivity contribution in [2.75, 3.05) is 6.67 Å². The summed E-state index contributed by atoms with van der Waals surface area (Å²) in [5.74, 6) is -0.192. The van der Waals surface area contributed by atoms with Crippen molar-refractivity contribution in [1.29, 1.82) is 0 Å². The van der Waals surface area contributed by atoms with Gasteiger partial charge in [0.2, 0.25) is 0 Å². The average molecular weight is 259 g/mol. The molecule has 0 aromatic heterocycles. The molecule has 0 aliphatic heterocycles. The highest BCUT2D eigenvalue weighted by atomic mass is 79.9. The zero-order valence-corrected chi connectivity index (χ0v) is 9.55. The molecule has 1 nitrogen and oxygen atoms in total. The molecule has 0 fully saturated rings. The highest BCUT2D eigenvalue weighted by Gasteiger charge is 2.34. The lowest BCUT2D eigenvalue weighted by Crippen LogP contribution is -2.33. The average Bonchev–Trinajstić information content (AvgIpc) is 2.28. The minimum Gasteiger partial charge on any atom is -0.292 e. The first kappa shape index (κ1) is 11.4. The van der Waals surface area contributed by atoms with Crippen LogP contribution in [0.1, 0.15) is 23.7 Å². The quantitative estimate of drug-likeness (QED) is 0.598. The van der Waals surface area contributed by atoms with Crippen LogP contribution in [0.25, 0.3) is 0 Å². The van der Waals surface area contributed by atoms with Gasteiger partial charge in [-0.3, -0.25) is 4.79 Å². The molecule has 76 valence electrons. The van der Waals surface area contributed by atoms with Crippen LogP contribution in [0.2, 0.25) is 0 Å². The van der Waals surface area contributed by atoms with Gasteiger partial charge in [-0.05, 0) is 6.42 Å². The van der Waals surface area contributed by atoms with Crippen molar-refractivity contribution >= 4 is 21.7 Å². The molecule has 1 aromatic carbocycles. The monoisotopic (exact) mass is 258 g/mol. The first-order valence-electron chi connectivity index (χ1n) is 4.49. The minimum absolute atomic E-state index is 0.192. The number of Topliss-reactive ketones (excluding diaryl/α,β-unsaturated/α-hetero) is 1. The Labute approximate surface area is 91.5 Å². The van der Waals surface area contributed by atoms with Crippen LogP contribution in [-0.2, 0) is 0 Å². The maximum Gasteiger partial charge on any atom is 0.182 e. The van der Waals surface area contributed by atoms with Crippen LogP contribution in [0, 0.1) is 0 Å². The van der Waals surface area contributed by atoms with Crippen molar-refractivity contribution in [2.24, 2.45) is 0 Å². The molecule has 0 amide bonds. The summed E-state index contributed by atoms with van der Waals surface area (Å²) in [6.07, 6.45) is 0.442. The van der Waals surface area contributed by atoms with E-state index in [1.165, 1.54) is 0 Å². The molecule has 0 aliphatic rings. The fraction of sp³-hybridized carbons (Fsp3) is 0.364. The minimum atomic E-state index is -1.05. The van der Waals surface area contributed by atoms with Gasteiger partial charge < -0.3 is 0 Å². The van der Waals surface area contributed by atoms with E-state index in [2.05, 4.69) is 15.9 Å². The van der Waals surface area contributed by atoms with Gasteiger partial charge in [-0.25, -0.2) is 4.39 Å². The van der Waals surface area contributed by atoms with Crippen molar-refractivity contribution in [3.8, 4) is 0 Å². The number of hydrogen-bond acceptors (Lipinski definition) is 1. The second-order valence-electron chi connectivity index (χ2n) is 3.15. The molecule has 1 aromatic rings. The number of hydrogen-bond donors (Lipinski definition) is 0. The number of carbonyl (C=O) groups is 1. The third-order valence-corrected chi connectivity index (χ3v) is 3.35. The molecule has 0 saturated carbocycles. The van der Waals surface area contributed by atoms with E-state index in [4.69, 9.17) is 0 Å². The third kappa shape index (κ3) is 2.21. The van der Waals surface area contributed by atoms with Crippen LogP contribution >= 0.6 is 15.9 Å². The maximum atomic E-state index is 12.7. The first-order valence-corrected chi connectivity index (χ1v) is 5.28. The van der Waals surface area contributed by atoms with Gasteiger partial charge >= 0.3 is 0 Å². The van der Waals surface area contributed by atoms with E-state index >= 15 is 0 Å². The normalized spacial score (nSPS) is 14.8. The van der Waals surface area contributed by atoms with E-state index in [0.29, 0.717) is 12.0 Å². The topological polar surface area (TPSA) is 17.1 Å². The molecular weight excluding hydrogens is 247 g/mol. The van der Waals surface area contributed by atoms with Crippen LogP contribution in [0.4, 0.5) is 4.39 Å². The van der Waals surface area contributed by atoms with Crippen molar-refractivity contribution in [2.45, 2.75) is 17.7 Å². The van der Waals surface area contributed by atoms with Gasteiger partial charge in [-0.1, -0.05) is 53.2 Å². The summed E-state index contributed by atoms with van der Waals surface area (Å²) in [7, 11) is 0. The van der Waals surface area contributed by atoms with Crippen LogP contribution in [0.5, 0.6) is 0 Å². The van der Waals surface area contributed by atoms with Gasteiger partial charge in [0.1, 0.15) is 11.0 Å². The molecule has 0 heterocycles. The lowest BCUT2D eigenvalue weighted by Gasteiger charge is -2.20. The summed E-state index contributed by atoms with van der Waals surface area (Å²) in [6, 6.07) is 8.77. The summed E-state index contributed by atoms with van der Waals surface area (Å²) >= 11 is 3.16. The predicted octanol–water partition coefficient (Wildman–Crippen LogP) is 3.38. The SMILES string of the molecule is CCC(Br)(CF)C(=O)c1ccccc1. The predicted molar refractivity (Wildman–Crippen MR) is 58.7 cm³/mol. The Morgan fingerprint density at radius 2 is 2.00 bits per heavy atom. The molecule has 0 N–H and O–H groups in total. The summed E-state index contributed by atoms with van der Waals surface area (Å²) in [4.78, 5) is 11.8. The van der Waals surface area contributed by atoms with E-state index < -0.39 is 11.0 Å². The van der Waals surface area contributed by atoms with Crippen molar-refractivity contribution in [1.82, 2.24) is 0 Å². The van der Waals surface area contributed by atoms with E-state index in [0.717, 1.165) is 0 Å². The molecule has 1 atom stereocenters. The van der Waals surface area contributed by atoms with E-state index in [-0.39, 0.29) is 5.78 Å². The molecule has 14 heavy (non-hydrogen) atoms. The fourth-order valence-corrected chi connectivity index (χ4v) is 1.39. The number of ketones is 1. The molecule has 0 spiro atoms. The molecule has 0 bridgehead atoms. The molecular formula is C11H12BrFO. The Morgan fingerprint density at radius 1 is 1.43 bits per heavy atom. The van der Waals surface area contributed by atoms with Crippen molar-refractivity contribution < 1.29 is 9.18 Å². The first-order chi connectivity index (χ1) is 6.64. The van der Waals surface area contributed by atoms with E-state index in [1.54, 1.807) is 31.2 Å².